The molecule has 0 aliphatic rings. The van der Waals surface area contributed by atoms with Crippen LogP contribution in [0.15, 0.2) is 62.5 Å². The molecule has 2 radical (unpaired) electrons. The largest absolute Gasteiger partial charge is 0.507 e. The minimum Gasteiger partial charge on any atom is -0.507 e. The Morgan fingerprint density at radius 1 is 0.882 bits per heavy atom. The zero-order valence-corrected chi connectivity index (χ0v) is 23.7. The first-order valence-electron chi connectivity index (χ1n) is 8.54. The summed E-state index contributed by atoms with van der Waals surface area (Å²) in [7, 11) is -9.76. The van der Waals surface area contributed by atoms with Gasteiger partial charge in [-0.25, -0.2) is 0 Å². The fourth-order valence-electron chi connectivity index (χ4n) is 2.80. The molecule has 0 aliphatic heterocycles. The molecule has 0 saturated carbocycles. The van der Waals surface area contributed by atoms with Crippen molar-refractivity contribution in [2.75, 3.05) is 5.32 Å². The molecular formula is C18H15N3Na2O9S2. The Bertz CT molecular complexity index is 1490. The van der Waals surface area contributed by atoms with Crippen LogP contribution in [0.5, 0.6) is 11.5 Å². The van der Waals surface area contributed by atoms with Crippen LogP contribution in [-0.2, 0) is 25.0 Å². The van der Waals surface area contributed by atoms with Crippen molar-refractivity contribution in [3.05, 3.63) is 42.5 Å². The average molecular weight is 527 g/mol. The second kappa shape index (κ2) is 11.4. The van der Waals surface area contributed by atoms with Gasteiger partial charge < -0.3 is 15.5 Å². The summed E-state index contributed by atoms with van der Waals surface area (Å²) in [5, 5.41) is 30.0. The molecule has 3 rings (SSSR count). The molecule has 16 heteroatoms. The van der Waals surface area contributed by atoms with E-state index >= 15 is 0 Å². The Kier molecular flexibility index (Phi) is 10.2. The minimum atomic E-state index is -4.99. The van der Waals surface area contributed by atoms with Crippen molar-refractivity contribution in [2.24, 2.45) is 10.2 Å². The van der Waals surface area contributed by atoms with Gasteiger partial charge in [0.05, 0.1) is 16.0 Å². The molecule has 0 fully saturated rings. The summed E-state index contributed by atoms with van der Waals surface area (Å²) in [5.41, 5.74) is -0.0742. The summed E-state index contributed by atoms with van der Waals surface area (Å²) < 4.78 is 65.2. The molecule has 34 heavy (non-hydrogen) atoms. The Balaban J connectivity index is 0.00000289. The van der Waals surface area contributed by atoms with Gasteiger partial charge in [0.15, 0.2) is 5.75 Å². The predicted molar refractivity (Wildman–Crippen MR) is 123 cm³/mol. The normalized spacial score (nSPS) is 11.6. The van der Waals surface area contributed by atoms with Crippen molar-refractivity contribution in [3.8, 4) is 11.5 Å². The number of hydrogen-bond donors (Lipinski definition) is 5. The standard InChI is InChI=1S/C18H15N3O9S2.2Na/c1-9(22)19-11-2-4-12(5-3-11)20-21-17-15(32(28,29)30)7-10-6-13(31(25,26)27)8-14(23)16(10)18(17)24;;/h2-8,23-24H,1H3,(H,19,22)(H,25,26,27)(H,28,29,30);;. The number of hydrogen-bond acceptors (Lipinski definition) is 9. The van der Waals surface area contributed by atoms with Crippen LogP contribution in [0.4, 0.5) is 17.1 Å². The molecule has 0 aliphatic carbocycles. The van der Waals surface area contributed by atoms with Crippen molar-refractivity contribution >= 4 is 113 Å². The Morgan fingerprint density at radius 3 is 1.97 bits per heavy atom. The molecule has 1 amide bonds. The zero-order chi connectivity index (χ0) is 23.8. The summed E-state index contributed by atoms with van der Waals surface area (Å²) in [4.78, 5) is 9.37. The zero-order valence-electron chi connectivity index (χ0n) is 18.1. The monoisotopic (exact) mass is 527 g/mol. The van der Waals surface area contributed by atoms with Crippen LogP contribution in [0.2, 0.25) is 0 Å². The number of carbonyl (C=O) groups excluding carboxylic acids is 1. The number of anilines is 1. The summed E-state index contributed by atoms with van der Waals surface area (Å²) in [5.74, 6) is -2.01. The number of azo groups is 1. The van der Waals surface area contributed by atoms with Crippen molar-refractivity contribution in [1.82, 2.24) is 0 Å². The number of phenols is 2. The minimum absolute atomic E-state index is 0. The van der Waals surface area contributed by atoms with Gasteiger partial charge in [-0.15, -0.1) is 5.11 Å². The number of rotatable bonds is 5. The van der Waals surface area contributed by atoms with Gasteiger partial charge in [0.1, 0.15) is 16.3 Å². The molecule has 170 valence electrons. The molecular weight excluding hydrogens is 512 g/mol. The van der Waals surface area contributed by atoms with E-state index in [1.807, 2.05) is 0 Å². The van der Waals surface area contributed by atoms with Crippen LogP contribution in [-0.4, -0.2) is 101 Å². The third-order valence-electron chi connectivity index (χ3n) is 4.13. The van der Waals surface area contributed by atoms with Gasteiger partial charge in [-0.05, 0) is 41.8 Å². The van der Waals surface area contributed by atoms with E-state index in [2.05, 4.69) is 15.5 Å². The van der Waals surface area contributed by atoms with Crippen LogP contribution in [0.3, 0.4) is 0 Å². The van der Waals surface area contributed by atoms with Crippen molar-refractivity contribution in [3.63, 3.8) is 0 Å². The van der Waals surface area contributed by atoms with Crippen LogP contribution >= 0.6 is 0 Å². The second-order valence-electron chi connectivity index (χ2n) is 6.49. The van der Waals surface area contributed by atoms with E-state index in [9.17, 15) is 40.9 Å². The van der Waals surface area contributed by atoms with Crippen LogP contribution in [0, 0.1) is 0 Å². The van der Waals surface area contributed by atoms with Crippen LogP contribution in [0.25, 0.3) is 10.8 Å². The van der Waals surface area contributed by atoms with Gasteiger partial charge in [-0.3, -0.25) is 13.9 Å². The van der Waals surface area contributed by atoms with Gasteiger partial charge >= 0.3 is 0 Å². The van der Waals surface area contributed by atoms with E-state index in [4.69, 9.17) is 0 Å². The number of amides is 1. The molecule has 0 unspecified atom stereocenters. The van der Waals surface area contributed by atoms with Crippen LogP contribution < -0.4 is 5.32 Å². The third kappa shape index (κ3) is 6.97. The fraction of sp³-hybridized carbons (Fsp3) is 0.0556. The summed E-state index contributed by atoms with van der Waals surface area (Å²) in [6.45, 7) is 1.32. The van der Waals surface area contributed by atoms with Crippen molar-refractivity contribution < 1.29 is 40.9 Å². The maximum Gasteiger partial charge on any atom is 0.296 e. The first-order chi connectivity index (χ1) is 14.8. The van der Waals surface area contributed by atoms with Crippen molar-refractivity contribution in [1.29, 1.82) is 0 Å². The van der Waals surface area contributed by atoms with Gasteiger partial charge in [0.2, 0.25) is 5.91 Å². The number of nitrogens with zero attached hydrogens (tertiary/aromatic N) is 2. The molecule has 0 saturated heterocycles. The predicted octanol–water partition coefficient (Wildman–Crippen LogP) is 2.36. The Morgan fingerprint density at radius 2 is 1.47 bits per heavy atom. The van der Waals surface area contributed by atoms with E-state index in [1.54, 1.807) is 0 Å². The number of phenolic OH excluding ortho intramolecular Hbond substituents is 2. The first-order valence-corrected chi connectivity index (χ1v) is 11.4. The summed E-state index contributed by atoms with van der Waals surface area (Å²) in [6, 6.07) is 8.02. The number of nitrogens with one attached hydrogen (secondary N) is 1. The molecule has 0 heterocycles. The smallest absolute Gasteiger partial charge is 0.296 e. The van der Waals surface area contributed by atoms with E-state index in [-0.39, 0.29) is 81.5 Å². The number of benzene rings is 3. The quantitative estimate of drug-likeness (QED) is 0.187. The molecule has 0 bridgehead atoms. The number of fused-ring (bicyclic) bond motifs is 1. The van der Waals surface area contributed by atoms with E-state index < -0.39 is 47.2 Å². The van der Waals surface area contributed by atoms with Crippen molar-refractivity contribution in [2.45, 2.75) is 16.7 Å². The molecule has 3 aromatic carbocycles. The topological polar surface area (TPSA) is 203 Å². The van der Waals surface area contributed by atoms with Gasteiger partial charge in [0, 0.05) is 77.8 Å². The number of aromatic hydroxyl groups is 2. The molecule has 12 nitrogen and oxygen atoms in total. The maximum absolute atomic E-state index is 11.8. The first kappa shape index (κ1) is 30.4. The van der Waals surface area contributed by atoms with E-state index in [1.165, 1.54) is 31.2 Å². The summed E-state index contributed by atoms with van der Waals surface area (Å²) >= 11 is 0. The molecule has 3 aromatic rings. The average Bonchev–Trinajstić information content (AvgIpc) is 2.66. The van der Waals surface area contributed by atoms with Gasteiger partial charge in [-0.2, -0.15) is 21.9 Å². The van der Waals surface area contributed by atoms with Gasteiger partial charge in [0.25, 0.3) is 20.2 Å². The molecule has 5 N–H and O–H groups in total. The maximum atomic E-state index is 11.8. The SMILES string of the molecule is CC(=O)Nc1ccc(N=Nc2c(S(=O)(=O)O)cc3cc(S(=O)(=O)O)cc(O)c3c2O)cc1.[Na].[Na]. The molecule has 0 aromatic heterocycles. The van der Waals surface area contributed by atoms with Crippen LogP contribution in [0.1, 0.15) is 6.92 Å². The van der Waals surface area contributed by atoms with Gasteiger partial charge in [-0.1, -0.05) is 0 Å². The third-order valence-corrected chi connectivity index (χ3v) is 5.83. The Hall–Kier alpha value is -1.59. The molecule has 0 spiro atoms. The van der Waals surface area contributed by atoms with E-state index in [0.717, 1.165) is 12.1 Å². The second-order valence-corrected chi connectivity index (χ2v) is 9.30. The van der Waals surface area contributed by atoms with E-state index in [0.29, 0.717) is 11.8 Å². The fourth-order valence-corrected chi connectivity index (χ4v) is 4.00. The summed E-state index contributed by atoms with van der Waals surface area (Å²) in [6.07, 6.45) is 0. The number of carbonyl (C=O) groups is 1. The molecule has 0 atom stereocenters. The Labute approximate surface area is 238 Å².